The van der Waals surface area contributed by atoms with Crippen molar-refractivity contribution in [2.24, 2.45) is 12.8 Å². The molecule has 1 aromatic heterocycles. The van der Waals surface area contributed by atoms with Crippen LogP contribution in [0.5, 0.6) is 0 Å². The Morgan fingerprint density at radius 2 is 2.10 bits per heavy atom. The number of benzene rings is 1. The molecule has 2 heterocycles. The first-order valence-corrected chi connectivity index (χ1v) is 9.53. The Balaban J connectivity index is 0.000000176. The van der Waals surface area contributed by atoms with Gasteiger partial charge in [-0.1, -0.05) is 0 Å². The number of nitrogen functional groups attached to an aromatic ring is 1. The molecule has 0 fully saturated rings. The van der Waals surface area contributed by atoms with Crippen molar-refractivity contribution in [1.29, 1.82) is 0 Å². The van der Waals surface area contributed by atoms with E-state index >= 15 is 0 Å². The van der Waals surface area contributed by atoms with E-state index in [0.29, 0.717) is 24.2 Å². The number of fused-ring (bicyclic) bond motifs is 2. The smallest absolute Gasteiger partial charge is 0.385 e. The summed E-state index contributed by atoms with van der Waals surface area (Å²) in [7, 11) is 1.87. The number of halogens is 3. The number of aromatic nitrogens is 2. The normalized spacial score (nSPS) is 23.2. The monoisotopic (exact) mass is 409 g/mol. The summed E-state index contributed by atoms with van der Waals surface area (Å²) in [5, 5.41) is 7.33. The zero-order valence-corrected chi connectivity index (χ0v) is 16.5. The van der Waals surface area contributed by atoms with Crippen LogP contribution in [0.15, 0.2) is 18.2 Å². The first kappa shape index (κ1) is 21.2. The first-order valence-electron chi connectivity index (χ1n) is 9.53. The van der Waals surface area contributed by atoms with E-state index in [-0.39, 0.29) is 6.04 Å². The molecule has 2 atom stereocenters. The van der Waals surface area contributed by atoms with Gasteiger partial charge in [0.05, 0.1) is 16.7 Å². The summed E-state index contributed by atoms with van der Waals surface area (Å²) in [4.78, 5) is 11.1. The number of aryl methyl sites for hydroxylation is 2. The average Bonchev–Trinajstić information content (AvgIpc) is 2.95. The molecule has 2 aromatic rings. The van der Waals surface area contributed by atoms with Crippen LogP contribution in [-0.2, 0) is 36.3 Å². The molecule has 9 heteroatoms. The lowest BCUT2D eigenvalue weighted by atomic mass is 9.77. The Morgan fingerprint density at radius 1 is 1.38 bits per heavy atom. The van der Waals surface area contributed by atoms with Gasteiger partial charge < -0.3 is 21.6 Å². The van der Waals surface area contributed by atoms with Gasteiger partial charge >= 0.3 is 6.18 Å². The van der Waals surface area contributed by atoms with E-state index in [1.54, 1.807) is 11.6 Å². The number of hydrogen-bond acceptors (Lipinski definition) is 5. The minimum atomic E-state index is -4.38. The van der Waals surface area contributed by atoms with Crippen LogP contribution in [0.25, 0.3) is 0 Å². The maximum absolute atomic E-state index is 12.6. The van der Waals surface area contributed by atoms with Crippen molar-refractivity contribution in [2.75, 3.05) is 17.6 Å². The lowest BCUT2D eigenvalue weighted by Crippen LogP contribution is -2.33. The molecule has 1 aliphatic heterocycles. The van der Waals surface area contributed by atoms with Gasteiger partial charge in [-0.05, 0) is 56.4 Å². The third kappa shape index (κ3) is 4.24. The fourth-order valence-corrected chi connectivity index (χ4v) is 3.81. The quantitative estimate of drug-likeness (QED) is 0.629. The van der Waals surface area contributed by atoms with Crippen LogP contribution < -0.4 is 16.8 Å². The standard InChI is InChI=1S/C12H12F3NO.C8H14N4/c1-11(7-17)4-5-16-10-3-2-8(6-9(10)11)12(13,14)15;1-12-8(10)6-4-5(9)2-3-7(6)11-12/h2-3,6-7,16H,4-5H2,1H3;5H,2-4,9-10H2,1H3. The lowest BCUT2D eigenvalue weighted by molar-refractivity contribution is -0.137. The van der Waals surface area contributed by atoms with Crippen LogP contribution in [0, 0.1) is 0 Å². The van der Waals surface area contributed by atoms with Gasteiger partial charge in [0, 0.05) is 30.9 Å². The topological polar surface area (TPSA) is 99.0 Å². The van der Waals surface area contributed by atoms with Gasteiger partial charge in [0.25, 0.3) is 0 Å². The van der Waals surface area contributed by atoms with E-state index in [2.05, 4.69) is 10.4 Å². The Hall–Kier alpha value is -2.55. The molecule has 0 saturated heterocycles. The number of nitrogens with one attached hydrogen (secondary N) is 1. The van der Waals surface area contributed by atoms with Crippen LogP contribution in [0.4, 0.5) is 24.7 Å². The number of nitrogens with zero attached hydrogens (tertiary/aromatic N) is 2. The summed E-state index contributed by atoms with van der Waals surface area (Å²) in [6.07, 6.45) is -0.256. The maximum Gasteiger partial charge on any atom is 0.416 e. The van der Waals surface area contributed by atoms with E-state index in [0.717, 1.165) is 54.8 Å². The molecule has 2 unspecified atom stereocenters. The van der Waals surface area contributed by atoms with Gasteiger partial charge in [-0.15, -0.1) is 0 Å². The summed E-state index contributed by atoms with van der Waals surface area (Å²) in [6, 6.07) is 3.75. The molecular formula is C20H26F3N5O. The number of carbonyl (C=O) groups excluding carboxylic acids is 1. The minimum Gasteiger partial charge on any atom is -0.385 e. The van der Waals surface area contributed by atoms with Gasteiger partial charge in [-0.3, -0.25) is 4.68 Å². The van der Waals surface area contributed by atoms with Crippen LogP contribution >= 0.6 is 0 Å². The molecule has 0 bridgehead atoms. The Labute approximate surface area is 167 Å². The fourth-order valence-electron chi connectivity index (χ4n) is 3.81. The second-order valence-corrected chi connectivity index (χ2v) is 7.91. The van der Waals surface area contributed by atoms with Crippen molar-refractivity contribution in [3.63, 3.8) is 0 Å². The highest BCUT2D eigenvalue weighted by Gasteiger charge is 2.36. The molecule has 0 radical (unpaired) electrons. The zero-order chi connectivity index (χ0) is 21.4. The predicted molar refractivity (Wildman–Crippen MR) is 106 cm³/mol. The van der Waals surface area contributed by atoms with E-state index in [1.165, 1.54) is 6.07 Å². The highest BCUT2D eigenvalue weighted by Crippen LogP contribution is 2.39. The number of aldehydes is 1. The Bertz CT molecular complexity index is 908. The van der Waals surface area contributed by atoms with Crippen molar-refractivity contribution < 1.29 is 18.0 Å². The van der Waals surface area contributed by atoms with Gasteiger partial charge in [-0.2, -0.15) is 18.3 Å². The summed E-state index contributed by atoms with van der Waals surface area (Å²) in [6.45, 7) is 2.26. The van der Waals surface area contributed by atoms with Gasteiger partial charge in [0.2, 0.25) is 0 Å². The largest absolute Gasteiger partial charge is 0.416 e. The molecule has 4 rings (SSSR count). The molecule has 158 valence electrons. The SMILES string of the molecule is CC1(C=O)CCNc2ccc(C(F)(F)F)cc21.Cn1nc2c(c1N)CC(N)CC2. The number of hydrogen-bond donors (Lipinski definition) is 3. The molecule has 2 aliphatic rings. The van der Waals surface area contributed by atoms with Crippen LogP contribution in [0.3, 0.4) is 0 Å². The molecule has 6 nitrogen and oxygen atoms in total. The van der Waals surface area contributed by atoms with Crippen molar-refractivity contribution >= 4 is 17.8 Å². The van der Waals surface area contributed by atoms with E-state index in [9.17, 15) is 18.0 Å². The second-order valence-electron chi connectivity index (χ2n) is 7.91. The summed E-state index contributed by atoms with van der Waals surface area (Å²) < 4.78 is 39.6. The molecule has 1 aromatic carbocycles. The van der Waals surface area contributed by atoms with Crippen molar-refractivity contribution in [2.45, 2.75) is 50.2 Å². The van der Waals surface area contributed by atoms with Gasteiger partial charge in [0.15, 0.2) is 0 Å². The van der Waals surface area contributed by atoms with Crippen molar-refractivity contribution in [3.05, 3.63) is 40.6 Å². The Kier molecular flexibility index (Phi) is 5.62. The van der Waals surface area contributed by atoms with E-state index in [4.69, 9.17) is 11.5 Å². The van der Waals surface area contributed by atoms with Crippen LogP contribution in [0.1, 0.15) is 42.1 Å². The summed E-state index contributed by atoms with van der Waals surface area (Å²) >= 11 is 0. The third-order valence-corrected chi connectivity index (χ3v) is 5.68. The molecule has 0 spiro atoms. The number of alkyl halides is 3. The van der Waals surface area contributed by atoms with E-state index in [1.807, 2.05) is 7.05 Å². The molecular weight excluding hydrogens is 383 g/mol. The predicted octanol–water partition coefficient (Wildman–Crippen LogP) is 2.80. The minimum absolute atomic E-state index is 0.268. The first-order chi connectivity index (χ1) is 13.5. The number of nitrogens with two attached hydrogens (primary N) is 2. The summed E-state index contributed by atoms with van der Waals surface area (Å²) in [5.41, 5.74) is 13.5. The van der Waals surface area contributed by atoms with Crippen LogP contribution in [-0.4, -0.2) is 28.7 Å². The molecule has 1 aliphatic carbocycles. The van der Waals surface area contributed by atoms with E-state index < -0.39 is 17.2 Å². The van der Waals surface area contributed by atoms with Gasteiger partial charge in [0.1, 0.15) is 12.1 Å². The number of carbonyl (C=O) groups is 1. The third-order valence-electron chi connectivity index (χ3n) is 5.68. The molecule has 0 saturated carbocycles. The highest BCUT2D eigenvalue weighted by molar-refractivity contribution is 5.75. The average molecular weight is 409 g/mol. The second kappa shape index (κ2) is 7.70. The Morgan fingerprint density at radius 3 is 2.76 bits per heavy atom. The number of rotatable bonds is 1. The summed E-state index contributed by atoms with van der Waals surface area (Å²) in [5.74, 6) is 0.778. The fraction of sp³-hybridized carbons (Fsp3) is 0.500. The molecule has 5 N–H and O–H groups in total. The number of anilines is 2. The van der Waals surface area contributed by atoms with Crippen LogP contribution in [0.2, 0.25) is 0 Å². The highest BCUT2D eigenvalue weighted by atomic mass is 19.4. The lowest BCUT2D eigenvalue weighted by Gasteiger charge is -2.32. The maximum atomic E-state index is 12.6. The van der Waals surface area contributed by atoms with Crippen molar-refractivity contribution in [1.82, 2.24) is 9.78 Å². The molecule has 29 heavy (non-hydrogen) atoms. The van der Waals surface area contributed by atoms with Gasteiger partial charge in [-0.25, -0.2) is 0 Å². The zero-order valence-electron chi connectivity index (χ0n) is 16.5. The molecule has 0 amide bonds. The van der Waals surface area contributed by atoms with Crippen molar-refractivity contribution in [3.8, 4) is 0 Å².